The van der Waals surface area contributed by atoms with E-state index in [1.807, 2.05) is 12.1 Å². The van der Waals surface area contributed by atoms with E-state index >= 15 is 0 Å². The number of halogens is 3. The van der Waals surface area contributed by atoms with E-state index in [0.29, 0.717) is 18.1 Å². The highest BCUT2D eigenvalue weighted by Gasteiger charge is 2.43. The summed E-state index contributed by atoms with van der Waals surface area (Å²) in [6.45, 7) is 0.0688. The number of carbonyl (C=O) groups is 1. The first-order valence-electron chi connectivity index (χ1n) is 7.23. The number of hydrogen-bond donors (Lipinski definition) is 2. The lowest BCUT2D eigenvalue weighted by atomic mass is 10.0. The monoisotopic (exact) mass is 330 g/mol. The Morgan fingerprint density at radius 1 is 1.36 bits per heavy atom. The molecule has 3 unspecified atom stereocenters. The fraction of sp³-hybridized carbons (Fsp3) is 0.533. The standard InChI is InChI=1S/C15H17ClF2N2O2/c16-10-3-1-9(2-4-10)13-11(5-6-22-13)20-14(21)12-7-15(17,18)8-19-12/h1-4,11-13,19H,5-8H2,(H,20,21). The highest BCUT2D eigenvalue weighted by Crippen LogP contribution is 2.31. The van der Waals surface area contributed by atoms with Gasteiger partial charge in [-0.25, -0.2) is 8.78 Å². The molecule has 1 amide bonds. The van der Waals surface area contributed by atoms with E-state index in [0.717, 1.165) is 5.56 Å². The van der Waals surface area contributed by atoms with Crippen LogP contribution in [0.25, 0.3) is 0 Å². The smallest absolute Gasteiger partial charge is 0.262 e. The molecular formula is C15H17ClF2N2O2. The Kier molecular flexibility index (Phi) is 4.34. The zero-order chi connectivity index (χ0) is 15.7. The average molecular weight is 331 g/mol. The summed E-state index contributed by atoms with van der Waals surface area (Å²) in [5, 5.41) is 6.02. The van der Waals surface area contributed by atoms with Gasteiger partial charge in [-0.3, -0.25) is 10.1 Å². The van der Waals surface area contributed by atoms with Gasteiger partial charge in [0.05, 0.1) is 18.6 Å². The van der Waals surface area contributed by atoms with E-state index in [9.17, 15) is 13.6 Å². The van der Waals surface area contributed by atoms with Crippen LogP contribution in [-0.4, -0.2) is 37.1 Å². The van der Waals surface area contributed by atoms with Crippen molar-refractivity contribution in [3.8, 4) is 0 Å². The number of nitrogens with one attached hydrogen (secondary N) is 2. The molecule has 22 heavy (non-hydrogen) atoms. The van der Waals surface area contributed by atoms with Gasteiger partial charge in [0.25, 0.3) is 5.92 Å². The summed E-state index contributed by atoms with van der Waals surface area (Å²) < 4.78 is 32.0. The van der Waals surface area contributed by atoms with Crippen LogP contribution in [0.4, 0.5) is 8.78 Å². The number of alkyl halides is 2. The summed E-state index contributed by atoms with van der Waals surface area (Å²) in [4.78, 5) is 12.1. The molecule has 120 valence electrons. The van der Waals surface area contributed by atoms with Crippen LogP contribution in [0.2, 0.25) is 5.02 Å². The second kappa shape index (κ2) is 6.10. The summed E-state index contributed by atoms with van der Waals surface area (Å²) in [6, 6.07) is 6.15. The molecule has 3 rings (SSSR count). The lowest BCUT2D eigenvalue weighted by Crippen LogP contribution is -2.46. The van der Waals surface area contributed by atoms with Crippen molar-refractivity contribution < 1.29 is 18.3 Å². The van der Waals surface area contributed by atoms with Crippen LogP contribution < -0.4 is 10.6 Å². The molecule has 1 aromatic rings. The fourth-order valence-electron chi connectivity index (χ4n) is 2.90. The molecule has 0 radical (unpaired) electrons. The predicted molar refractivity (Wildman–Crippen MR) is 78.0 cm³/mol. The summed E-state index contributed by atoms with van der Waals surface area (Å²) in [5.74, 6) is -3.21. The van der Waals surface area contributed by atoms with Crippen LogP contribution in [0.3, 0.4) is 0 Å². The minimum atomic E-state index is -2.82. The largest absolute Gasteiger partial charge is 0.371 e. The number of rotatable bonds is 3. The number of ether oxygens (including phenoxy) is 1. The van der Waals surface area contributed by atoms with Crippen LogP contribution in [0.1, 0.15) is 24.5 Å². The van der Waals surface area contributed by atoms with Crippen LogP contribution in [0.5, 0.6) is 0 Å². The van der Waals surface area contributed by atoms with E-state index in [-0.39, 0.29) is 12.1 Å². The summed E-state index contributed by atoms with van der Waals surface area (Å²) in [6.07, 6.45) is -0.0803. The molecule has 0 spiro atoms. The molecule has 2 heterocycles. The van der Waals surface area contributed by atoms with E-state index < -0.39 is 30.8 Å². The Morgan fingerprint density at radius 3 is 2.73 bits per heavy atom. The lowest BCUT2D eigenvalue weighted by molar-refractivity contribution is -0.124. The highest BCUT2D eigenvalue weighted by molar-refractivity contribution is 6.30. The average Bonchev–Trinajstić information content (AvgIpc) is 3.06. The third-order valence-corrected chi connectivity index (χ3v) is 4.30. The first-order valence-corrected chi connectivity index (χ1v) is 7.61. The molecule has 2 N–H and O–H groups in total. The van der Waals surface area contributed by atoms with Crippen LogP contribution in [0, 0.1) is 0 Å². The van der Waals surface area contributed by atoms with Gasteiger partial charge in [0.1, 0.15) is 6.10 Å². The van der Waals surface area contributed by atoms with Gasteiger partial charge in [-0.15, -0.1) is 0 Å². The van der Waals surface area contributed by atoms with Gasteiger partial charge in [0.2, 0.25) is 5.91 Å². The van der Waals surface area contributed by atoms with Gasteiger partial charge in [0, 0.05) is 18.1 Å². The van der Waals surface area contributed by atoms with Crippen molar-refractivity contribution in [2.24, 2.45) is 0 Å². The Morgan fingerprint density at radius 2 is 2.09 bits per heavy atom. The number of carbonyl (C=O) groups excluding carboxylic acids is 1. The molecule has 2 aliphatic heterocycles. The Hall–Kier alpha value is -1.24. The maximum absolute atomic E-state index is 13.2. The van der Waals surface area contributed by atoms with Gasteiger partial charge in [-0.2, -0.15) is 0 Å². The normalized spacial score (nSPS) is 30.4. The summed E-state index contributed by atoms with van der Waals surface area (Å²) in [7, 11) is 0. The first kappa shape index (κ1) is 15.6. The zero-order valence-corrected chi connectivity index (χ0v) is 12.6. The molecule has 2 aliphatic rings. The molecule has 0 aromatic heterocycles. The highest BCUT2D eigenvalue weighted by atomic mass is 35.5. The van der Waals surface area contributed by atoms with Crippen molar-refractivity contribution in [1.82, 2.24) is 10.6 Å². The first-order chi connectivity index (χ1) is 10.4. The van der Waals surface area contributed by atoms with E-state index in [4.69, 9.17) is 16.3 Å². The second-order valence-electron chi connectivity index (χ2n) is 5.74. The third-order valence-electron chi connectivity index (χ3n) is 4.04. The van der Waals surface area contributed by atoms with Crippen LogP contribution in [-0.2, 0) is 9.53 Å². The SMILES string of the molecule is O=C(NC1CCOC1c1ccc(Cl)cc1)C1CC(F)(F)CN1. The minimum Gasteiger partial charge on any atom is -0.371 e. The molecule has 7 heteroatoms. The molecule has 4 nitrogen and oxygen atoms in total. The number of benzene rings is 1. The van der Waals surface area contributed by atoms with Gasteiger partial charge in [-0.05, 0) is 24.1 Å². The molecule has 1 aromatic carbocycles. The molecule has 2 saturated heterocycles. The Bertz CT molecular complexity index is 553. The van der Waals surface area contributed by atoms with Crippen molar-refractivity contribution in [3.63, 3.8) is 0 Å². The summed E-state index contributed by atoms with van der Waals surface area (Å²) >= 11 is 5.86. The third kappa shape index (κ3) is 3.39. The topological polar surface area (TPSA) is 50.4 Å². The van der Waals surface area contributed by atoms with Gasteiger partial charge < -0.3 is 10.1 Å². The second-order valence-corrected chi connectivity index (χ2v) is 6.18. The molecule has 0 bridgehead atoms. The lowest BCUT2D eigenvalue weighted by Gasteiger charge is -2.22. The van der Waals surface area contributed by atoms with Gasteiger partial charge >= 0.3 is 0 Å². The number of hydrogen-bond acceptors (Lipinski definition) is 3. The summed E-state index contributed by atoms with van der Waals surface area (Å²) in [5.41, 5.74) is 0.914. The number of amides is 1. The van der Waals surface area contributed by atoms with Crippen LogP contribution >= 0.6 is 11.6 Å². The maximum atomic E-state index is 13.2. The van der Waals surface area contributed by atoms with Gasteiger partial charge in [0.15, 0.2) is 0 Å². The van der Waals surface area contributed by atoms with E-state index in [1.54, 1.807) is 12.1 Å². The van der Waals surface area contributed by atoms with E-state index in [2.05, 4.69) is 10.6 Å². The van der Waals surface area contributed by atoms with Crippen molar-refractivity contribution in [3.05, 3.63) is 34.9 Å². The van der Waals surface area contributed by atoms with Crippen molar-refractivity contribution in [1.29, 1.82) is 0 Å². The molecule has 3 atom stereocenters. The van der Waals surface area contributed by atoms with Crippen molar-refractivity contribution in [2.75, 3.05) is 13.2 Å². The molecule has 0 aliphatic carbocycles. The minimum absolute atomic E-state index is 0.218. The quantitative estimate of drug-likeness (QED) is 0.894. The molecule has 0 saturated carbocycles. The molecular weight excluding hydrogens is 314 g/mol. The van der Waals surface area contributed by atoms with Crippen molar-refractivity contribution in [2.45, 2.75) is 37.0 Å². The fourth-order valence-corrected chi connectivity index (χ4v) is 3.03. The van der Waals surface area contributed by atoms with Crippen LogP contribution in [0.15, 0.2) is 24.3 Å². The Labute approximate surface area is 132 Å². The van der Waals surface area contributed by atoms with Gasteiger partial charge in [-0.1, -0.05) is 23.7 Å². The Balaban J connectivity index is 1.64. The maximum Gasteiger partial charge on any atom is 0.262 e. The molecule has 2 fully saturated rings. The zero-order valence-electron chi connectivity index (χ0n) is 11.8. The predicted octanol–water partition coefficient (Wildman–Crippen LogP) is 2.28. The van der Waals surface area contributed by atoms with E-state index in [1.165, 1.54) is 0 Å². The van der Waals surface area contributed by atoms with Crippen molar-refractivity contribution >= 4 is 17.5 Å².